The van der Waals surface area contributed by atoms with Gasteiger partial charge in [-0.05, 0) is 48.4 Å². The average Bonchev–Trinajstić information content (AvgIpc) is 3.09. The number of carbonyl (C=O) groups is 1. The van der Waals surface area contributed by atoms with Crippen LogP contribution in [-0.4, -0.2) is 28.3 Å². The lowest BCUT2D eigenvalue weighted by molar-refractivity contribution is -0.121. The maximum absolute atomic E-state index is 12.1. The molecule has 0 saturated carbocycles. The summed E-state index contributed by atoms with van der Waals surface area (Å²) in [5, 5.41) is 4.02. The second-order valence-corrected chi connectivity index (χ2v) is 6.28. The van der Waals surface area contributed by atoms with Crippen LogP contribution in [0.15, 0.2) is 60.0 Å². The summed E-state index contributed by atoms with van der Waals surface area (Å²) in [6, 6.07) is 15.3. The molecule has 0 bridgehead atoms. The summed E-state index contributed by atoms with van der Waals surface area (Å²) in [5.74, 6) is 0.643. The molecule has 0 aliphatic heterocycles. The molecule has 0 fully saturated rings. The normalized spacial score (nSPS) is 11.1. The van der Waals surface area contributed by atoms with Crippen molar-refractivity contribution in [3.05, 3.63) is 60.4 Å². The zero-order chi connectivity index (χ0) is 18.9. The van der Waals surface area contributed by atoms with E-state index < -0.39 is 0 Å². The van der Waals surface area contributed by atoms with E-state index in [-0.39, 0.29) is 12.5 Å². The second kappa shape index (κ2) is 9.52. The maximum atomic E-state index is 12.1. The molecule has 0 atom stereocenters. The molecule has 3 rings (SSSR count). The summed E-state index contributed by atoms with van der Waals surface area (Å²) in [7, 11) is 0. The fourth-order valence-corrected chi connectivity index (χ4v) is 2.70. The number of nitrogens with zero attached hydrogens (tertiary/aromatic N) is 3. The first kappa shape index (κ1) is 18.6. The highest BCUT2D eigenvalue weighted by Crippen LogP contribution is 2.12. The lowest BCUT2D eigenvalue weighted by Crippen LogP contribution is -2.22. The number of rotatable bonds is 9. The largest absolute Gasteiger partial charge is 0.494 e. The van der Waals surface area contributed by atoms with Gasteiger partial charge in [-0.1, -0.05) is 31.9 Å². The number of unbranched alkanes of at least 4 members (excludes halogenated alkanes) is 2. The van der Waals surface area contributed by atoms with E-state index in [1.54, 1.807) is 17.1 Å². The number of ether oxygens (including phenoxy) is 1. The van der Waals surface area contributed by atoms with Crippen molar-refractivity contribution in [3.8, 4) is 5.75 Å². The first-order chi connectivity index (χ1) is 13.3. The average molecular weight is 364 g/mol. The third-order valence-corrected chi connectivity index (χ3v) is 4.14. The van der Waals surface area contributed by atoms with Crippen molar-refractivity contribution in [3.63, 3.8) is 0 Å². The van der Waals surface area contributed by atoms with Crippen LogP contribution in [0.4, 0.5) is 0 Å². The number of nitrogens with one attached hydrogen (secondary N) is 1. The summed E-state index contributed by atoms with van der Waals surface area (Å²) in [5.41, 5.74) is 5.23. The van der Waals surface area contributed by atoms with E-state index in [2.05, 4.69) is 22.4 Å². The molecular formula is C21H24N4O2. The van der Waals surface area contributed by atoms with Crippen LogP contribution in [0.25, 0.3) is 11.0 Å². The number of fused-ring (bicyclic) bond motifs is 1. The molecule has 0 spiro atoms. The van der Waals surface area contributed by atoms with Crippen molar-refractivity contribution in [2.75, 3.05) is 6.61 Å². The van der Waals surface area contributed by atoms with Crippen LogP contribution in [0.5, 0.6) is 5.75 Å². The SMILES string of the molecule is CCCCCOc1ccc(/C=N/NC(=O)Cn2cnc3ccccc32)cc1. The third-order valence-electron chi connectivity index (χ3n) is 4.14. The molecule has 6 heteroatoms. The van der Waals surface area contributed by atoms with Gasteiger partial charge in [-0.15, -0.1) is 0 Å². The third kappa shape index (κ3) is 5.41. The summed E-state index contributed by atoms with van der Waals surface area (Å²) in [6.45, 7) is 3.08. The van der Waals surface area contributed by atoms with Crippen LogP contribution >= 0.6 is 0 Å². The van der Waals surface area contributed by atoms with E-state index in [9.17, 15) is 4.79 Å². The minimum Gasteiger partial charge on any atom is -0.494 e. The van der Waals surface area contributed by atoms with Gasteiger partial charge in [0.05, 0.1) is 30.2 Å². The molecule has 1 amide bonds. The molecule has 0 aliphatic rings. The van der Waals surface area contributed by atoms with Gasteiger partial charge in [0.1, 0.15) is 12.3 Å². The molecule has 0 aliphatic carbocycles. The predicted molar refractivity (Wildman–Crippen MR) is 107 cm³/mol. The Morgan fingerprint density at radius 1 is 1.19 bits per heavy atom. The zero-order valence-electron chi connectivity index (χ0n) is 15.5. The molecule has 3 aromatic rings. The van der Waals surface area contributed by atoms with E-state index in [0.717, 1.165) is 35.4 Å². The Hall–Kier alpha value is -3.15. The Morgan fingerprint density at radius 3 is 2.81 bits per heavy atom. The van der Waals surface area contributed by atoms with E-state index in [1.165, 1.54) is 12.8 Å². The number of imidazole rings is 1. The minimum absolute atomic E-state index is 0.169. The van der Waals surface area contributed by atoms with Crippen LogP contribution in [0.1, 0.15) is 31.7 Å². The predicted octanol–water partition coefficient (Wildman–Crippen LogP) is 3.76. The monoisotopic (exact) mass is 364 g/mol. The number of aromatic nitrogens is 2. The number of carbonyl (C=O) groups excluding carboxylic acids is 1. The van der Waals surface area contributed by atoms with Gasteiger partial charge in [-0.2, -0.15) is 5.10 Å². The molecule has 6 nitrogen and oxygen atoms in total. The maximum Gasteiger partial charge on any atom is 0.260 e. The summed E-state index contributed by atoms with van der Waals surface area (Å²) in [6.07, 6.45) is 6.71. The van der Waals surface area contributed by atoms with E-state index in [1.807, 2.05) is 48.5 Å². The molecule has 2 aromatic carbocycles. The van der Waals surface area contributed by atoms with Crippen LogP contribution < -0.4 is 10.2 Å². The summed E-state index contributed by atoms with van der Waals surface area (Å²) < 4.78 is 7.47. The van der Waals surface area contributed by atoms with Crippen molar-refractivity contribution in [1.82, 2.24) is 15.0 Å². The summed E-state index contributed by atoms with van der Waals surface area (Å²) in [4.78, 5) is 16.3. The first-order valence-corrected chi connectivity index (χ1v) is 9.21. The Kier molecular flexibility index (Phi) is 6.57. The lowest BCUT2D eigenvalue weighted by Gasteiger charge is -2.05. The topological polar surface area (TPSA) is 68.5 Å². The Labute approximate surface area is 158 Å². The number of hydrogen-bond acceptors (Lipinski definition) is 4. The fourth-order valence-electron chi connectivity index (χ4n) is 2.70. The van der Waals surface area contributed by atoms with Crippen LogP contribution in [-0.2, 0) is 11.3 Å². The van der Waals surface area contributed by atoms with Crippen LogP contribution in [0.3, 0.4) is 0 Å². The Balaban J connectivity index is 1.47. The molecule has 27 heavy (non-hydrogen) atoms. The highest BCUT2D eigenvalue weighted by molar-refractivity contribution is 5.83. The lowest BCUT2D eigenvalue weighted by atomic mass is 10.2. The van der Waals surface area contributed by atoms with Crippen molar-refractivity contribution < 1.29 is 9.53 Å². The Morgan fingerprint density at radius 2 is 2.00 bits per heavy atom. The zero-order valence-corrected chi connectivity index (χ0v) is 15.5. The minimum atomic E-state index is -0.203. The van der Waals surface area contributed by atoms with Gasteiger partial charge in [0.15, 0.2) is 0 Å². The highest BCUT2D eigenvalue weighted by atomic mass is 16.5. The van der Waals surface area contributed by atoms with Crippen molar-refractivity contribution in [1.29, 1.82) is 0 Å². The molecule has 1 heterocycles. The number of hydrogen-bond donors (Lipinski definition) is 1. The van der Waals surface area contributed by atoms with Gasteiger partial charge in [0.2, 0.25) is 0 Å². The van der Waals surface area contributed by atoms with Gasteiger partial charge < -0.3 is 9.30 Å². The molecule has 0 radical (unpaired) electrons. The van der Waals surface area contributed by atoms with Crippen LogP contribution in [0, 0.1) is 0 Å². The molecule has 0 saturated heterocycles. The summed E-state index contributed by atoms with van der Waals surface area (Å²) >= 11 is 0. The van der Waals surface area contributed by atoms with E-state index in [4.69, 9.17) is 4.74 Å². The van der Waals surface area contributed by atoms with E-state index in [0.29, 0.717) is 0 Å². The quantitative estimate of drug-likeness (QED) is 0.357. The number of para-hydroxylation sites is 2. The highest BCUT2D eigenvalue weighted by Gasteiger charge is 2.05. The Bertz CT molecular complexity index is 900. The van der Waals surface area contributed by atoms with Gasteiger partial charge >= 0.3 is 0 Å². The smallest absolute Gasteiger partial charge is 0.260 e. The van der Waals surface area contributed by atoms with Gasteiger partial charge in [-0.25, -0.2) is 10.4 Å². The van der Waals surface area contributed by atoms with Crippen LogP contribution in [0.2, 0.25) is 0 Å². The number of hydrazone groups is 1. The molecule has 140 valence electrons. The van der Waals surface area contributed by atoms with Crippen molar-refractivity contribution in [2.24, 2.45) is 5.10 Å². The number of benzene rings is 2. The van der Waals surface area contributed by atoms with E-state index >= 15 is 0 Å². The molecule has 0 unspecified atom stereocenters. The fraction of sp³-hybridized carbons (Fsp3) is 0.286. The second-order valence-electron chi connectivity index (χ2n) is 6.28. The first-order valence-electron chi connectivity index (χ1n) is 9.21. The molecular weight excluding hydrogens is 340 g/mol. The van der Waals surface area contributed by atoms with Crippen molar-refractivity contribution in [2.45, 2.75) is 32.7 Å². The van der Waals surface area contributed by atoms with Gasteiger partial charge in [0, 0.05) is 0 Å². The molecule has 1 aromatic heterocycles. The van der Waals surface area contributed by atoms with Gasteiger partial charge in [0.25, 0.3) is 5.91 Å². The number of amides is 1. The standard InChI is InChI=1S/C21H24N4O2/c1-2-3-6-13-27-18-11-9-17(10-12-18)14-23-24-21(26)15-25-16-22-19-7-4-5-8-20(19)25/h4-5,7-12,14,16H,2-3,6,13,15H2,1H3,(H,24,26)/b23-14+. The van der Waals surface area contributed by atoms with Crippen molar-refractivity contribution >= 4 is 23.2 Å². The van der Waals surface area contributed by atoms with Gasteiger partial charge in [-0.3, -0.25) is 4.79 Å². The molecule has 1 N–H and O–H groups in total.